The molecule has 3 nitrogen and oxygen atoms in total. The standard InChI is InChI=1S/C18H18O3S/c1-12(2)17(19)14-7-9-16(10-8-14)22-11-13-3-5-15(6-4-13)18(20)21/h3-10,12H,11H2,1-2H3,(H,20,21). The van der Waals surface area contributed by atoms with Crippen molar-refractivity contribution in [3.8, 4) is 0 Å². The fraction of sp³-hybridized carbons (Fsp3) is 0.222. The fourth-order valence-electron chi connectivity index (χ4n) is 1.96. The molecule has 0 saturated heterocycles. The number of carboxylic acids is 1. The molecule has 2 aromatic carbocycles. The van der Waals surface area contributed by atoms with Crippen molar-refractivity contribution >= 4 is 23.5 Å². The number of aromatic carboxylic acids is 1. The summed E-state index contributed by atoms with van der Waals surface area (Å²) >= 11 is 1.66. The normalized spacial score (nSPS) is 10.7. The summed E-state index contributed by atoms with van der Waals surface area (Å²) in [5, 5.41) is 8.86. The number of benzene rings is 2. The zero-order valence-electron chi connectivity index (χ0n) is 12.6. The molecule has 0 spiro atoms. The summed E-state index contributed by atoms with van der Waals surface area (Å²) in [6.45, 7) is 3.79. The van der Waals surface area contributed by atoms with Crippen LogP contribution in [0.2, 0.25) is 0 Å². The van der Waals surface area contributed by atoms with Gasteiger partial charge in [0.15, 0.2) is 5.78 Å². The highest BCUT2D eigenvalue weighted by atomic mass is 32.2. The minimum atomic E-state index is -0.912. The predicted molar refractivity (Wildman–Crippen MR) is 88.6 cm³/mol. The Hall–Kier alpha value is -2.07. The van der Waals surface area contributed by atoms with E-state index in [2.05, 4.69) is 0 Å². The summed E-state index contributed by atoms with van der Waals surface area (Å²) in [6, 6.07) is 14.5. The molecule has 0 amide bonds. The van der Waals surface area contributed by atoms with Crippen LogP contribution in [-0.2, 0) is 5.75 Å². The number of carboxylic acid groups (broad SMARTS) is 1. The van der Waals surface area contributed by atoms with E-state index in [1.54, 1.807) is 23.9 Å². The Morgan fingerprint density at radius 2 is 1.50 bits per heavy atom. The smallest absolute Gasteiger partial charge is 0.335 e. The third kappa shape index (κ3) is 4.21. The van der Waals surface area contributed by atoms with Crippen molar-refractivity contribution in [2.24, 2.45) is 5.92 Å². The van der Waals surface area contributed by atoms with Crippen LogP contribution < -0.4 is 0 Å². The van der Waals surface area contributed by atoms with Crippen LogP contribution in [0.4, 0.5) is 0 Å². The van der Waals surface area contributed by atoms with Crippen molar-refractivity contribution in [2.45, 2.75) is 24.5 Å². The van der Waals surface area contributed by atoms with Gasteiger partial charge in [-0.3, -0.25) is 4.79 Å². The molecular formula is C18H18O3S. The van der Waals surface area contributed by atoms with Crippen LogP contribution in [0.3, 0.4) is 0 Å². The molecule has 0 aromatic heterocycles. The lowest BCUT2D eigenvalue weighted by molar-refractivity contribution is 0.0696. The second-order valence-corrected chi connectivity index (χ2v) is 6.38. The van der Waals surface area contributed by atoms with E-state index in [1.165, 1.54) is 0 Å². The molecule has 0 fully saturated rings. The van der Waals surface area contributed by atoms with Crippen molar-refractivity contribution in [1.29, 1.82) is 0 Å². The Bertz CT molecular complexity index is 658. The molecule has 0 aliphatic rings. The molecule has 0 saturated carbocycles. The predicted octanol–water partition coefficient (Wildman–Crippen LogP) is 4.52. The van der Waals surface area contributed by atoms with Crippen molar-refractivity contribution in [3.63, 3.8) is 0 Å². The van der Waals surface area contributed by atoms with E-state index in [9.17, 15) is 9.59 Å². The van der Waals surface area contributed by atoms with Gasteiger partial charge in [0.1, 0.15) is 0 Å². The van der Waals surface area contributed by atoms with Crippen LogP contribution in [-0.4, -0.2) is 16.9 Å². The molecule has 4 heteroatoms. The van der Waals surface area contributed by atoms with Gasteiger partial charge in [-0.15, -0.1) is 11.8 Å². The Morgan fingerprint density at radius 1 is 0.955 bits per heavy atom. The Morgan fingerprint density at radius 3 is 2.00 bits per heavy atom. The average Bonchev–Trinajstić information content (AvgIpc) is 2.53. The molecule has 0 radical (unpaired) electrons. The van der Waals surface area contributed by atoms with Crippen LogP contribution in [0.5, 0.6) is 0 Å². The first-order valence-corrected chi connectivity index (χ1v) is 8.05. The van der Waals surface area contributed by atoms with E-state index in [1.807, 2.05) is 50.2 Å². The monoisotopic (exact) mass is 314 g/mol. The molecule has 0 atom stereocenters. The molecule has 114 valence electrons. The first-order chi connectivity index (χ1) is 10.5. The van der Waals surface area contributed by atoms with Gasteiger partial charge in [0.25, 0.3) is 0 Å². The molecule has 2 rings (SSSR count). The maximum atomic E-state index is 11.9. The number of Topliss-reactive ketones (excluding diaryl/α,β-unsaturated/α-hetero) is 1. The van der Waals surface area contributed by atoms with E-state index >= 15 is 0 Å². The Labute approximate surface area is 134 Å². The molecule has 0 aliphatic carbocycles. The van der Waals surface area contributed by atoms with Gasteiger partial charge in [0, 0.05) is 22.1 Å². The highest BCUT2D eigenvalue weighted by Crippen LogP contribution is 2.24. The van der Waals surface area contributed by atoms with E-state index in [0.717, 1.165) is 21.8 Å². The quantitative estimate of drug-likeness (QED) is 0.629. The van der Waals surface area contributed by atoms with Crippen LogP contribution in [0.15, 0.2) is 53.4 Å². The summed E-state index contributed by atoms with van der Waals surface area (Å²) in [4.78, 5) is 23.7. The first-order valence-electron chi connectivity index (χ1n) is 7.06. The second-order valence-electron chi connectivity index (χ2n) is 5.33. The number of carbonyl (C=O) groups is 2. The molecule has 0 unspecified atom stereocenters. The van der Waals surface area contributed by atoms with Gasteiger partial charge in [-0.25, -0.2) is 4.79 Å². The van der Waals surface area contributed by atoms with Gasteiger partial charge < -0.3 is 5.11 Å². The van der Waals surface area contributed by atoms with Gasteiger partial charge in [-0.2, -0.15) is 0 Å². The van der Waals surface area contributed by atoms with Crippen molar-refractivity contribution in [1.82, 2.24) is 0 Å². The second kappa shape index (κ2) is 7.27. The van der Waals surface area contributed by atoms with Gasteiger partial charge >= 0.3 is 5.97 Å². The highest BCUT2D eigenvalue weighted by Gasteiger charge is 2.10. The van der Waals surface area contributed by atoms with Crippen LogP contribution in [0.25, 0.3) is 0 Å². The number of carbonyl (C=O) groups excluding carboxylic acids is 1. The molecule has 0 heterocycles. The summed E-state index contributed by atoms with van der Waals surface area (Å²) < 4.78 is 0. The molecule has 1 N–H and O–H groups in total. The molecule has 22 heavy (non-hydrogen) atoms. The van der Waals surface area contributed by atoms with E-state index in [4.69, 9.17) is 5.11 Å². The Kier molecular flexibility index (Phi) is 5.39. The third-order valence-corrected chi connectivity index (χ3v) is 4.35. The SMILES string of the molecule is CC(C)C(=O)c1ccc(SCc2ccc(C(=O)O)cc2)cc1. The Balaban J connectivity index is 1.97. The van der Waals surface area contributed by atoms with Crippen LogP contribution in [0.1, 0.15) is 40.1 Å². The lowest BCUT2D eigenvalue weighted by atomic mass is 10.0. The molecule has 2 aromatic rings. The van der Waals surface area contributed by atoms with Gasteiger partial charge in [-0.05, 0) is 29.8 Å². The summed E-state index contributed by atoms with van der Waals surface area (Å²) in [5.41, 5.74) is 2.10. The zero-order chi connectivity index (χ0) is 16.1. The van der Waals surface area contributed by atoms with Crippen LogP contribution >= 0.6 is 11.8 Å². The highest BCUT2D eigenvalue weighted by molar-refractivity contribution is 7.98. The number of ketones is 1. The summed E-state index contributed by atoms with van der Waals surface area (Å²) in [5.74, 6) is 0.00820. The zero-order valence-corrected chi connectivity index (χ0v) is 13.4. The average molecular weight is 314 g/mol. The third-order valence-electron chi connectivity index (χ3n) is 3.27. The number of thioether (sulfide) groups is 1. The first kappa shape index (κ1) is 16.3. The fourth-order valence-corrected chi connectivity index (χ4v) is 2.81. The van der Waals surface area contributed by atoms with E-state index in [0.29, 0.717) is 5.56 Å². The van der Waals surface area contributed by atoms with Crippen LogP contribution in [0, 0.1) is 5.92 Å². The topological polar surface area (TPSA) is 54.4 Å². The lowest BCUT2D eigenvalue weighted by Crippen LogP contribution is -2.06. The minimum absolute atomic E-state index is 0.00579. The van der Waals surface area contributed by atoms with Crippen molar-refractivity contribution in [2.75, 3.05) is 0 Å². The van der Waals surface area contributed by atoms with E-state index in [-0.39, 0.29) is 11.7 Å². The number of hydrogen-bond acceptors (Lipinski definition) is 3. The van der Waals surface area contributed by atoms with Crippen molar-refractivity contribution in [3.05, 3.63) is 65.2 Å². The number of rotatable bonds is 6. The largest absolute Gasteiger partial charge is 0.478 e. The van der Waals surface area contributed by atoms with Gasteiger partial charge in [0.05, 0.1) is 5.56 Å². The summed E-state index contributed by atoms with van der Waals surface area (Å²) in [7, 11) is 0. The van der Waals surface area contributed by atoms with Crippen molar-refractivity contribution < 1.29 is 14.7 Å². The maximum Gasteiger partial charge on any atom is 0.335 e. The maximum absolute atomic E-state index is 11.9. The lowest BCUT2D eigenvalue weighted by Gasteiger charge is -2.06. The van der Waals surface area contributed by atoms with Gasteiger partial charge in [-0.1, -0.05) is 38.1 Å². The van der Waals surface area contributed by atoms with Gasteiger partial charge in [0.2, 0.25) is 0 Å². The molecule has 0 aliphatic heterocycles. The minimum Gasteiger partial charge on any atom is -0.478 e. The van der Waals surface area contributed by atoms with E-state index < -0.39 is 5.97 Å². The molecular weight excluding hydrogens is 296 g/mol. The number of hydrogen-bond donors (Lipinski definition) is 1. The molecule has 0 bridgehead atoms. The summed E-state index contributed by atoms with van der Waals surface area (Å²) in [6.07, 6.45) is 0.